The Balaban J connectivity index is 2.40. The van der Waals surface area contributed by atoms with Gasteiger partial charge in [0, 0.05) is 19.6 Å². The monoisotopic (exact) mass is 279 g/mol. The second-order valence-electron chi connectivity index (χ2n) is 5.49. The molecule has 0 radical (unpaired) electrons. The molecule has 0 amide bonds. The van der Waals surface area contributed by atoms with Crippen LogP contribution in [-0.4, -0.2) is 36.8 Å². The maximum Gasteiger partial charge on any atom is 0.315 e. The van der Waals surface area contributed by atoms with E-state index in [1.165, 1.54) is 0 Å². The van der Waals surface area contributed by atoms with E-state index in [9.17, 15) is 10.1 Å². The smallest absolute Gasteiger partial charge is 0.315 e. The van der Waals surface area contributed by atoms with E-state index < -0.39 is 0 Å². The Hall–Kier alpha value is -1.82. The van der Waals surface area contributed by atoms with Crippen LogP contribution in [0.4, 0.5) is 17.1 Å². The van der Waals surface area contributed by atoms with E-state index in [1.54, 1.807) is 12.1 Å². The van der Waals surface area contributed by atoms with E-state index >= 15 is 0 Å². The van der Waals surface area contributed by atoms with Crippen molar-refractivity contribution in [3.8, 4) is 0 Å². The second-order valence-corrected chi connectivity index (χ2v) is 5.49. The molecule has 1 aromatic carbocycles. The summed E-state index contributed by atoms with van der Waals surface area (Å²) in [5, 5.41) is 14.5. The van der Waals surface area contributed by atoms with Gasteiger partial charge in [0.25, 0.3) is 0 Å². The molecule has 1 aliphatic heterocycles. The van der Waals surface area contributed by atoms with Crippen molar-refractivity contribution in [1.29, 1.82) is 0 Å². The molecular formula is C14H21N3O3. The molecule has 0 spiro atoms. The number of nitrogens with one attached hydrogen (secondary N) is 1. The van der Waals surface area contributed by atoms with Crippen LogP contribution in [0.15, 0.2) is 18.2 Å². The van der Waals surface area contributed by atoms with Gasteiger partial charge in [0.15, 0.2) is 0 Å². The largest absolute Gasteiger partial charge is 0.380 e. The molecule has 1 heterocycles. The quantitative estimate of drug-likeness (QED) is 0.678. The molecule has 0 unspecified atom stereocenters. The zero-order valence-corrected chi connectivity index (χ0v) is 12.2. The number of hydrogen-bond acceptors (Lipinski definition) is 5. The SMILES string of the molecule is CCNc1cccc(N2CCOC(C)(C)C2)c1[N+](=O)[O-]. The molecule has 1 saturated heterocycles. The van der Waals surface area contributed by atoms with Crippen LogP contribution in [0, 0.1) is 10.1 Å². The van der Waals surface area contributed by atoms with Gasteiger partial charge in [-0.3, -0.25) is 10.1 Å². The van der Waals surface area contributed by atoms with E-state index in [1.807, 2.05) is 31.7 Å². The van der Waals surface area contributed by atoms with Crippen LogP contribution in [0.3, 0.4) is 0 Å². The van der Waals surface area contributed by atoms with Gasteiger partial charge in [-0.25, -0.2) is 0 Å². The van der Waals surface area contributed by atoms with Crippen molar-refractivity contribution in [2.75, 3.05) is 36.5 Å². The maximum atomic E-state index is 11.4. The molecule has 1 fully saturated rings. The first-order valence-corrected chi connectivity index (χ1v) is 6.85. The number of benzene rings is 1. The maximum absolute atomic E-state index is 11.4. The molecule has 1 N–H and O–H groups in total. The normalized spacial score (nSPS) is 17.9. The molecule has 0 atom stereocenters. The average molecular weight is 279 g/mol. The Morgan fingerprint density at radius 1 is 1.50 bits per heavy atom. The van der Waals surface area contributed by atoms with E-state index in [-0.39, 0.29) is 16.2 Å². The van der Waals surface area contributed by atoms with Gasteiger partial charge in [-0.1, -0.05) is 6.07 Å². The van der Waals surface area contributed by atoms with Gasteiger partial charge in [0.05, 0.1) is 17.1 Å². The summed E-state index contributed by atoms with van der Waals surface area (Å²) in [6.07, 6.45) is 0. The number of morpholine rings is 1. The van der Waals surface area contributed by atoms with E-state index in [0.717, 1.165) is 0 Å². The van der Waals surface area contributed by atoms with Crippen LogP contribution < -0.4 is 10.2 Å². The molecule has 0 bridgehead atoms. The number of ether oxygens (including phenoxy) is 1. The topological polar surface area (TPSA) is 67.6 Å². The summed E-state index contributed by atoms with van der Waals surface area (Å²) in [6, 6.07) is 5.40. The van der Waals surface area contributed by atoms with Crippen LogP contribution in [0.2, 0.25) is 0 Å². The number of nitro benzene ring substituents is 1. The lowest BCUT2D eigenvalue weighted by Gasteiger charge is -2.39. The van der Waals surface area contributed by atoms with Gasteiger partial charge in [-0.05, 0) is 32.9 Å². The zero-order valence-electron chi connectivity index (χ0n) is 12.2. The zero-order chi connectivity index (χ0) is 14.8. The fraction of sp³-hybridized carbons (Fsp3) is 0.571. The first-order chi connectivity index (χ1) is 9.44. The Morgan fingerprint density at radius 2 is 2.25 bits per heavy atom. The predicted octanol–water partition coefficient (Wildman–Crippen LogP) is 2.64. The standard InChI is InChI=1S/C14H21N3O3/c1-4-15-11-6-5-7-12(13(11)17(18)19)16-8-9-20-14(2,3)10-16/h5-7,15H,4,8-10H2,1-3H3. The Labute approximate surface area is 118 Å². The lowest BCUT2D eigenvalue weighted by Crippen LogP contribution is -2.48. The highest BCUT2D eigenvalue weighted by Gasteiger charge is 2.31. The number of hydrogen-bond donors (Lipinski definition) is 1. The minimum atomic E-state index is -0.310. The number of nitrogens with zero attached hydrogens (tertiary/aromatic N) is 2. The van der Waals surface area contributed by atoms with E-state index in [4.69, 9.17) is 4.74 Å². The number of rotatable bonds is 4. The third-order valence-electron chi connectivity index (χ3n) is 3.33. The third-order valence-corrected chi connectivity index (χ3v) is 3.33. The van der Waals surface area contributed by atoms with Crippen molar-refractivity contribution in [3.63, 3.8) is 0 Å². The van der Waals surface area contributed by atoms with Crippen molar-refractivity contribution >= 4 is 17.1 Å². The Morgan fingerprint density at radius 3 is 2.85 bits per heavy atom. The van der Waals surface area contributed by atoms with Crippen LogP contribution in [-0.2, 0) is 4.74 Å². The summed E-state index contributed by atoms with van der Waals surface area (Å²) >= 11 is 0. The van der Waals surface area contributed by atoms with Crippen molar-refractivity contribution in [2.24, 2.45) is 0 Å². The van der Waals surface area contributed by atoms with Crippen molar-refractivity contribution in [3.05, 3.63) is 28.3 Å². The van der Waals surface area contributed by atoms with Crippen LogP contribution in [0.25, 0.3) is 0 Å². The molecule has 2 rings (SSSR count). The molecule has 0 aromatic heterocycles. The number of anilines is 2. The van der Waals surface area contributed by atoms with Crippen molar-refractivity contribution in [1.82, 2.24) is 0 Å². The average Bonchev–Trinajstić information content (AvgIpc) is 2.37. The van der Waals surface area contributed by atoms with Gasteiger partial charge in [0.1, 0.15) is 11.4 Å². The number of para-hydroxylation sites is 1. The van der Waals surface area contributed by atoms with Gasteiger partial charge < -0.3 is 15.0 Å². The lowest BCUT2D eigenvalue weighted by atomic mass is 10.1. The van der Waals surface area contributed by atoms with Crippen LogP contribution in [0.1, 0.15) is 20.8 Å². The van der Waals surface area contributed by atoms with Crippen LogP contribution >= 0.6 is 0 Å². The predicted molar refractivity (Wildman–Crippen MR) is 79.5 cm³/mol. The molecule has 0 saturated carbocycles. The first kappa shape index (κ1) is 14.6. The molecule has 0 aliphatic carbocycles. The Bertz CT molecular complexity index is 502. The summed E-state index contributed by atoms with van der Waals surface area (Å²) in [5.41, 5.74) is 1.08. The van der Waals surface area contributed by atoms with E-state index in [0.29, 0.717) is 37.6 Å². The van der Waals surface area contributed by atoms with Crippen molar-refractivity contribution in [2.45, 2.75) is 26.4 Å². The van der Waals surface area contributed by atoms with E-state index in [2.05, 4.69) is 5.32 Å². The first-order valence-electron chi connectivity index (χ1n) is 6.85. The fourth-order valence-corrected chi connectivity index (χ4v) is 2.53. The summed E-state index contributed by atoms with van der Waals surface area (Å²) in [4.78, 5) is 13.1. The van der Waals surface area contributed by atoms with Crippen molar-refractivity contribution < 1.29 is 9.66 Å². The lowest BCUT2D eigenvalue weighted by molar-refractivity contribution is -0.383. The third kappa shape index (κ3) is 3.01. The molecule has 1 aromatic rings. The summed E-state index contributed by atoms with van der Waals surface area (Å²) in [6.45, 7) is 8.46. The Kier molecular flexibility index (Phi) is 4.13. The second kappa shape index (κ2) is 5.66. The van der Waals surface area contributed by atoms with Gasteiger partial charge in [-0.15, -0.1) is 0 Å². The molecular weight excluding hydrogens is 258 g/mol. The highest BCUT2D eigenvalue weighted by molar-refractivity contribution is 5.77. The fourth-order valence-electron chi connectivity index (χ4n) is 2.53. The minimum Gasteiger partial charge on any atom is -0.380 e. The van der Waals surface area contributed by atoms with Gasteiger partial charge in [0.2, 0.25) is 0 Å². The summed E-state index contributed by atoms with van der Waals surface area (Å²) in [7, 11) is 0. The minimum absolute atomic E-state index is 0.145. The van der Waals surface area contributed by atoms with Gasteiger partial charge in [-0.2, -0.15) is 0 Å². The summed E-state index contributed by atoms with van der Waals surface area (Å²) < 4.78 is 5.67. The highest BCUT2D eigenvalue weighted by atomic mass is 16.6. The molecule has 6 nitrogen and oxygen atoms in total. The van der Waals surface area contributed by atoms with Gasteiger partial charge >= 0.3 is 5.69 Å². The summed E-state index contributed by atoms with van der Waals surface area (Å²) in [5.74, 6) is 0. The number of nitro groups is 1. The highest BCUT2D eigenvalue weighted by Crippen LogP contribution is 2.37. The molecule has 20 heavy (non-hydrogen) atoms. The molecule has 110 valence electrons. The van der Waals surface area contributed by atoms with Crippen LogP contribution in [0.5, 0.6) is 0 Å². The molecule has 1 aliphatic rings. The molecule has 6 heteroatoms.